The third kappa shape index (κ3) is 2.10. The lowest BCUT2D eigenvalue weighted by molar-refractivity contribution is 0.112. The summed E-state index contributed by atoms with van der Waals surface area (Å²) in [6.45, 7) is 0. The molecule has 0 atom stereocenters. The highest BCUT2D eigenvalue weighted by Crippen LogP contribution is 2.29. The summed E-state index contributed by atoms with van der Waals surface area (Å²) in [7, 11) is 1.64. The Morgan fingerprint density at radius 3 is 2.53 bits per heavy atom. The summed E-state index contributed by atoms with van der Waals surface area (Å²) in [5.74, 6) is 1.59. The monoisotopic (exact) mass is 252 g/mol. The van der Waals surface area contributed by atoms with Crippen LogP contribution in [-0.4, -0.2) is 13.4 Å². The molecule has 0 aliphatic rings. The summed E-state index contributed by atoms with van der Waals surface area (Å²) in [6, 6.07) is 15.0. The zero-order valence-electron chi connectivity index (χ0n) is 10.4. The van der Waals surface area contributed by atoms with Crippen LogP contribution in [-0.2, 0) is 0 Å². The Labute approximate surface area is 110 Å². The average Bonchev–Trinajstić information content (AvgIpc) is 2.90. The van der Waals surface area contributed by atoms with Crippen LogP contribution in [0.15, 0.2) is 52.9 Å². The first-order valence-corrected chi connectivity index (χ1v) is 5.93. The van der Waals surface area contributed by atoms with Crippen LogP contribution in [0.3, 0.4) is 0 Å². The van der Waals surface area contributed by atoms with Crippen LogP contribution in [0.2, 0.25) is 0 Å². The highest BCUT2D eigenvalue weighted by molar-refractivity contribution is 5.88. The maximum Gasteiger partial charge on any atom is 0.150 e. The first-order valence-electron chi connectivity index (χ1n) is 5.93. The summed E-state index contributed by atoms with van der Waals surface area (Å²) in [6.07, 6.45) is 0.833. The van der Waals surface area contributed by atoms with Gasteiger partial charge in [-0.2, -0.15) is 0 Å². The van der Waals surface area contributed by atoms with Crippen molar-refractivity contribution < 1.29 is 13.9 Å². The van der Waals surface area contributed by atoms with Gasteiger partial charge in [0.15, 0.2) is 0 Å². The second-order valence-electron chi connectivity index (χ2n) is 4.25. The van der Waals surface area contributed by atoms with Gasteiger partial charge in [0.1, 0.15) is 23.4 Å². The maximum absolute atomic E-state index is 10.8. The predicted molar refractivity (Wildman–Crippen MR) is 73.6 cm³/mol. The Morgan fingerprint density at radius 2 is 1.84 bits per heavy atom. The van der Waals surface area contributed by atoms with E-state index in [-0.39, 0.29) is 0 Å². The van der Waals surface area contributed by atoms with E-state index in [0.29, 0.717) is 5.56 Å². The highest BCUT2D eigenvalue weighted by Gasteiger charge is 2.07. The van der Waals surface area contributed by atoms with Gasteiger partial charge in [-0.15, -0.1) is 0 Å². The Bertz CT molecular complexity index is 723. The van der Waals surface area contributed by atoms with Crippen LogP contribution in [0.5, 0.6) is 5.75 Å². The molecule has 0 fully saturated rings. The van der Waals surface area contributed by atoms with Gasteiger partial charge in [0, 0.05) is 16.5 Å². The summed E-state index contributed by atoms with van der Waals surface area (Å²) < 4.78 is 10.9. The van der Waals surface area contributed by atoms with Crippen molar-refractivity contribution in [3.05, 3.63) is 54.1 Å². The number of aldehydes is 1. The van der Waals surface area contributed by atoms with E-state index in [1.807, 2.05) is 42.5 Å². The zero-order chi connectivity index (χ0) is 13.2. The molecule has 3 heteroatoms. The second kappa shape index (κ2) is 4.61. The van der Waals surface area contributed by atoms with Gasteiger partial charge in [-0.1, -0.05) is 0 Å². The molecule has 3 nitrogen and oxygen atoms in total. The molecule has 0 saturated heterocycles. The topological polar surface area (TPSA) is 39.4 Å². The van der Waals surface area contributed by atoms with E-state index in [2.05, 4.69) is 0 Å². The van der Waals surface area contributed by atoms with Crippen molar-refractivity contribution in [3.63, 3.8) is 0 Å². The fourth-order valence-electron chi connectivity index (χ4n) is 2.03. The number of furan rings is 1. The number of hydrogen-bond acceptors (Lipinski definition) is 3. The van der Waals surface area contributed by atoms with E-state index in [1.54, 1.807) is 13.2 Å². The van der Waals surface area contributed by atoms with Crippen molar-refractivity contribution in [1.82, 2.24) is 0 Å². The van der Waals surface area contributed by atoms with E-state index >= 15 is 0 Å². The largest absolute Gasteiger partial charge is 0.497 e. The summed E-state index contributed by atoms with van der Waals surface area (Å²) in [5.41, 5.74) is 2.40. The molecular formula is C16H12O3. The Hall–Kier alpha value is -2.55. The molecule has 0 bridgehead atoms. The number of fused-ring (bicyclic) bond motifs is 1. The Balaban J connectivity index is 2.06. The summed E-state index contributed by atoms with van der Waals surface area (Å²) in [4.78, 5) is 10.8. The van der Waals surface area contributed by atoms with Crippen molar-refractivity contribution >= 4 is 17.3 Å². The van der Waals surface area contributed by atoms with Gasteiger partial charge in [-0.25, -0.2) is 0 Å². The molecule has 0 aliphatic carbocycles. The molecule has 0 unspecified atom stereocenters. The number of methoxy groups -OCH3 is 1. The molecule has 0 spiro atoms. The van der Waals surface area contributed by atoms with E-state index in [1.165, 1.54) is 0 Å². The van der Waals surface area contributed by atoms with Gasteiger partial charge in [0.25, 0.3) is 0 Å². The SMILES string of the molecule is COc1ccc(-c2cc3cc(C=O)ccc3o2)cc1. The van der Waals surface area contributed by atoms with Crippen molar-refractivity contribution in [2.45, 2.75) is 0 Å². The van der Waals surface area contributed by atoms with Crippen molar-refractivity contribution in [1.29, 1.82) is 0 Å². The Kier molecular flexibility index (Phi) is 2.80. The minimum atomic E-state index is 0.648. The first-order chi connectivity index (χ1) is 9.30. The van der Waals surface area contributed by atoms with E-state index < -0.39 is 0 Å². The maximum atomic E-state index is 10.8. The molecule has 1 heterocycles. The number of benzene rings is 2. The van der Waals surface area contributed by atoms with Crippen molar-refractivity contribution in [3.8, 4) is 17.1 Å². The molecule has 0 saturated carbocycles. The fraction of sp³-hybridized carbons (Fsp3) is 0.0625. The summed E-state index contributed by atoms with van der Waals surface area (Å²) in [5, 5.41) is 0.926. The van der Waals surface area contributed by atoms with Gasteiger partial charge < -0.3 is 9.15 Å². The third-order valence-electron chi connectivity index (χ3n) is 3.05. The van der Waals surface area contributed by atoms with Crippen LogP contribution >= 0.6 is 0 Å². The molecule has 0 aliphatic heterocycles. The lowest BCUT2D eigenvalue weighted by Gasteiger charge is -2.00. The number of carbonyl (C=O) groups excluding carboxylic acids is 1. The fourth-order valence-corrected chi connectivity index (χ4v) is 2.03. The first kappa shape index (κ1) is 11.5. The van der Waals surface area contributed by atoms with Gasteiger partial charge in [0.2, 0.25) is 0 Å². The van der Waals surface area contributed by atoms with Crippen LogP contribution in [0.25, 0.3) is 22.3 Å². The number of carbonyl (C=O) groups is 1. The predicted octanol–water partition coefficient (Wildman–Crippen LogP) is 3.92. The van der Waals surface area contributed by atoms with Crippen LogP contribution in [0.1, 0.15) is 10.4 Å². The van der Waals surface area contributed by atoms with Gasteiger partial charge in [-0.05, 0) is 48.5 Å². The molecule has 0 amide bonds. The molecule has 94 valence electrons. The molecular weight excluding hydrogens is 240 g/mol. The number of rotatable bonds is 3. The highest BCUT2D eigenvalue weighted by atomic mass is 16.5. The molecule has 1 aromatic heterocycles. The van der Waals surface area contributed by atoms with E-state index in [4.69, 9.17) is 9.15 Å². The lowest BCUT2D eigenvalue weighted by atomic mass is 10.1. The third-order valence-corrected chi connectivity index (χ3v) is 3.05. The molecule has 0 radical (unpaired) electrons. The average molecular weight is 252 g/mol. The number of ether oxygens (including phenoxy) is 1. The minimum Gasteiger partial charge on any atom is -0.497 e. The normalized spacial score (nSPS) is 10.6. The van der Waals surface area contributed by atoms with E-state index in [9.17, 15) is 4.79 Å². The Morgan fingerprint density at radius 1 is 1.05 bits per heavy atom. The van der Waals surface area contributed by atoms with Crippen molar-refractivity contribution in [2.75, 3.05) is 7.11 Å². The van der Waals surface area contributed by atoms with Gasteiger partial charge in [-0.3, -0.25) is 4.79 Å². The minimum absolute atomic E-state index is 0.648. The molecule has 2 aromatic carbocycles. The van der Waals surface area contributed by atoms with Crippen molar-refractivity contribution in [2.24, 2.45) is 0 Å². The molecule has 19 heavy (non-hydrogen) atoms. The second-order valence-corrected chi connectivity index (χ2v) is 4.25. The van der Waals surface area contributed by atoms with E-state index in [0.717, 1.165) is 34.3 Å². The smallest absolute Gasteiger partial charge is 0.150 e. The lowest BCUT2D eigenvalue weighted by Crippen LogP contribution is -1.81. The molecule has 3 aromatic rings. The van der Waals surface area contributed by atoms with Gasteiger partial charge in [0.05, 0.1) is 7.11 Å². The quantitative estimate of drug-likeness (QED) is 0.663. The van der Waals surface area contributed by atoms with Crippen LogP contribution < -0.4 is 4.74 Å². The van der Waals surface area contributed by atoms with Crippen LogP contribution in [0.4, 0.5) is 0 Å². The molecule has 3 rings (SSSR count). The molecule has 0 N–H and O–H groups in total. The zero-order valence-corrected chi connectivity index (χ0v) is 10.4. The summed E-state index contributed by atoms with van der Waals surface area (Å²) >= 11 is 0. The standard InChI is InChI=1S/C16H12O3/c1-18-14-5-3-12(4-6-14)16-9-13-8-11(10-17)2-7-15(13)19-16/h2-10H,1H3. The van der Waals surface area contributed by atoms with Crippen LogP contribution in [0, 0.1) is 0 Å². The number of hydrogen-bond donors (Lipinski definition) is 0. The van der Waals surface area contributed by atoms with Gasteiger partial charge >= 0.3 is 0 Å².